The minimum atomic E-state index is 0. The highest BCUT2D eigenvalue weighted by Crippen LogP contribution is 2.44. The minimum absolute atomic E-state index is 0. The molecular weight excluding hydrogens is 218 g/mol. The molecule has 2 aliphatic heterocycles. The van der Waals surface area contributed by atoms with Gasteiger partial charge in [-0.1, -0.05) is 0 Å². The van der Waals surface area contributed by atoms with E-state index in [1.165, 1.54) is 10.4 Å². The van der Waals surface area contributed by atoms with Crippen molar-refractivity contribution < 1.29 is 6.16 Å². The first kappa shape index (κ1) is 10.8. The molecule has 90 valence electrons. The molecule has 1 fully saturated rings. The van der Waals surface area contributed by atoms with Crippen molar-refractivity contribution in [2.75, 3.05) is 13.2 Å². The number of nitrogens with one attached hydrogen (secondary N) is 1. The third-order valence-corrected chi connectivity index (χ3v) is 4.90. The number of rotatable bonds is 0. The second-order valence-corrected chi connectivity index (χ2v) is 6.44. The summed E-state index contributed by atoms with van der Waals surface area (Å²) in [6, 6.07) is 2.93. The van der Waals surface area contributed by atoms with Gasteiger partial charge in [0.25, 0.3) is 0 Å². The van der Waals surface area contributed by atoms with Crippen molar-refractivity contribution in [1.82, 2.24) is 5.32 Å². The molecular formula is C13H21NOS. The standard InChI is InChI=1S/C13H19NOS.H2/c1-9-8-13(4-5-14-9)11-7-10(2)16-12(11)3-6-15-13;/h7,9,14H,3-6,8H2,1-2H3;1H/t9-,13+;/m0./s1. The summed E-state index contributed by atoms with van der Waals surface area (Å²) in [5.41, 5.74) is 1.53. The fraction of sp³-hybridized carbons (Fsp3) is 0.692. The van der Waals surface area contributed by atoms with Gasteiger partial charge < -0.3 is 10.1 Å². The van der Waals surface area contributed by atoms with E-state index in [0.717, 1.165) is 32.4 Å². The lowest BCUT2D eigenvalue weighted by atomic mass is 9.80. The van der Waals surface area contributed by atoms with Gasteiger partial charge in [0.05, 0.1) is 12.2 Å². The van der Waals surface area contributed by atoms with Gasteiger partial charge >= 0.3 is 0 Å². The molecule has 1 spiro atoms. The Morgan fingerprint density at radius 3 is 3.31 bits per heavy atom. The Labute approximate surface area is 102 Å². The quantitative estimate of drug-likeness (QED) is 0.751. The van der Waals surface area contributed by atoms with Gasteiger partial charge in [-0.15, -0.1) is 11.3 Å². The maximum Gasteiger partial charge on any atom is 0.0969 e. The number of ether oxygens (including phenoxy) is 1. The summed E-state index contributed by atoms with van der Waals surface area (Å²) >= 11 is 1.96. The van der Waals surface area contributed by atoms with Crippen LogP contribution < -0.4 is 5.32 Å². The van der Waals surface area contributed by atoms with Crippen LogP contribution in [0.3, 0.4) is 0 Å². The van der Waals surface area contributed by atoms with Crippen LogP contribution in [0.5, 0.6) is 0 Å². The lowest BCUT2D eigenvalue weighted by Gasteiger charge is -2.43. The van der Waals surface area contributed by atoms with E-state index in [4.69, 9.17) is 4.74 Å². The number of fused-ring (bicyclic) bond motifs is 2. The normalized spacial score (nSPS) is 34.0. The predicted octanol–water partition coefficient (Wildman–Crippen LogP) is 2.84. The molecule has 2 nitrogen and oxygen atoms in total. The average Bonchev–Trinajstić information content (AvgIpc) is 2.60. The van der Waals surface area contributed by atoms with Crippen molar-refractivity contribution in [3.05, 3.63) is 21.4 Å². The van der Waals surface area contributed by atoms with E-state index in [-0.39, 0.29) is 7.03 Å². The smallest absolute Gasteiger partial charge is 0.0969 e. The molecule has 1 aromatic heterocycles. The SMILES string of the molecule is Cc1cc2c(s1)CCO[C@@]21CCN[C@@H](C)C1.[HH]. The van der Waals surface area contributed by atoms with Crippen molar-refractivity contribution in [1.29, 1.82) is 0 Å². The summed E-state index contributed by atoms with van der Waals surface area (Å²) in [5.74, 6) is 0. The van der Waals surface area contributed by atoms with Gasteiger partial charge in [-0.3, -0.25) is 0 Å². The molecule has 2 aliphatic rings. The minimum Gasteiger partial charge on any atom is -0.370 e. The molecule has 16 heavy (non-hydrogen) atoms. The Hall–Kier alpha value is -0.380. The molecule has 0 unspecified atom stereocenters. The van der Waals surface area contributed by atoms with Crippen molar-refractivity contribution in [3.63, 3.8) is 0 Å². The van der Waals surface area contributed by atoms with Crippen LogP contribution in [0.15, 0.2) is 6.07 Å². The molecule has 1 aromatic rings. The van der Waals surface area contributed by atoms with Gasteiger partial charge in [-0.2, -0.15) is 0 Å². The van der Waals surface area contributed by atoms with E-state index in [2.05, 4.69) is 25.2 Å². The monoisotopic (exact) mass is 239 g/mol. The van der Waals surface area contributed by atoms with Crippen molar-refractivity contribution in [2.45, 2.75) is 44.8 Å². The molecule has 3 heterocycles. The van der Waals surface area contributed by atoms with Crippen LogP contribution in [0, 0.1) is 6.92 Å². The van der Waals surface area contributed by atoms with Gasteiger partial charge in [0.15, 0.2) is 0 Å². The zero-order valence-corrected chi connectivity index (χ0v) is 10.8. The molecule has 1 saturated heterocycles. The van der Waals surface area contributed by atoms with Gasteiger partial charge in [0, 0.05) is 23.6 Å². The maximum absolute atomic E-state index is 6.18. The zero-order valence-electron chi connectivity index (χ0n) is 10.0. The molecule has 0 bridgehead atoms. The van der Waals surface area contributed by atoms with E-state index >= 15 is 0 Å². The average molecular weight is 239 g/mol. The first-order valence-corrected chi connectivity index (χ1v) is 6.98. The van der Waals surface area contributed by atoms with E-state index in [0.29, 0.717) is 6.04 Å². The highest BCUT2D eigenvalue weighted by Gasteiger charge is 2.41. The molecule has 3 rings (SSSR count). The lowest BCUT2D eigenvalue weighted by molar-refractivity contribution is -0.0870. The summed E-state index contributed by atoms with van der Waals surface area (Å²) in [6.07, 6.45) is 3.36. The second-order valence-electron chi connectivity index (χ2n) is 5.10. The van der Waals surface area contributed by atoms with Crippen LogP contribution in [0.25, 0.3) is 0 Å². The van der Waals surface area contributed by atoms with Gasteiger partial charge in [-0.05, 0) is 44.9 Å². The molecule has 0 saturated carbocycles. The highest BCUT2D eigenvalue weighted by atomic mass is 32.1. The van der Waals surface area contributed by atoms with Gasteiger partial charge in [-0.25, -0.2) is 0 Å². The highest BCUT2D eigenvalue weighted by molar-refractivity contribution is 7.12. The van der Waals surface area contributed by atoms with Crippen LogP contribution in [-0.4, -0.2) is 19.2 Å². The largest absolute Gasteiger partial charge is 0.370 e. The molecule has 1 N–H and O–H groups in total. The number of thiophene rings is 1. The Bertz CT molecular complexity index is 406. The van der Waals surface area contributed by atoms with Crippen molar-refractivity contribution >= 4 is 11.3 Å². The van der Waals surface area contributed by atoms with Gasteiger partial charge in [0.1, 0.15) is 0 Å². The Kier molecular flexibility index (Phi) is 2.57. The van der Waals surface area contributed by atoms with E-state index in [9.17, 15) is 0 Å². The third kappa shape index (κ3) is 1.62. The van der Waals surface area contributed by atoms with Crippen molar-refractivity contribution in [2.24, 2.45) is 0 Å². The van der Waals surface area contributed by atoms with E-state index in [1.807, 2.05) is 11.3 Å². The first-order valence-electron chi connectivity index (χ1n) is 6.17. The summed E-state index contributed by atoms with van der Waals surface area (Å²) in [4.78, 5) is 3.00. The van der Waals surface area contributed by atoms with E-state index in [1.54, 1.807) is 4.88 Å². The summed E-state index contributed by atoms with van der Waals surface area (Å²) in [5, 5.41) is 3.51. The molecule has 0 amide bonds. The zero-order chi connectivity index (χ0) is 11.2. The number of hydrogen-bond acceptors (Lipinski definition) is 3. The molecule has 0 aliphatic carbocycles. The molecule has 3 heteroatoms. The van der Waals surface area contributed by atoms with Crippen LogP contribution in [0.1, 0.15) is 36.5 Å². The number of hydrogen-bond donors (Lipinski definition) is 1. The van der Waals surface area contributed by atoms with Crippen LogP contribution >= 0.6 is 11.3 Å². The Balaban J connectivity index is 0.00000108. The van der Waals surface area contributed by atoms with Crippen LogP contribution in [0.4, 0.5) is 0 Å². The molecule has 0 radical (unpaired) electrons. The van der Waals surface area contributed by atoms with Crippen LogP contribution in [0.2, 0.25) is 0 Å². The maximum atomic E-state index is 6.18. The summed E-state index contributed by atoms with van der Waals surface area (Å²) in [7, 11) is 0. The predicted molar refractivity (Wildman–Crippen MR) is 69.2 cm³/mol. The van der Waals surface area contributed by atoms with Crippen molar-refractivity contribution in [3.8, 4) is 0 Å². The second kappa shape index (κ2) is 3.83. The fourth-order valence-electron chi connectivity index (χ4n) is 3.12. The van der Waals surface area contributed by atoms with E-state index < -0.39 is 0 Å². The first-order chi connectivity index (χ1) is 7.70. The number of aryl methyl sites for hydroxylation is 1. The topological polar surface area (TPSA) is 21.3 Å². The Morgan fingerprint density at radius 1 is 1.62 bits per heavy atom. The molecule has 2 atom stereocenters. The summed E-state index contributed by atoms with van der Waals surface area (Å²) < 4.78 is 6.18. The lowest BCUT2D eigenvalue weighted by Crippen LogP contribution is -2.48. The fourth-order valence-corrected chi connectivity index (χ4v) is 4.22. The van der Waals surface area contributed by atoms with Crippen LogP contribution in [-0.2, 0) is 16.8 Å². The summed E-state index contributed by atoms with van der Waals surface area (Å²) in [6.45, 7) is 6.45. The third-order valence-electron chi connectivity index (χ3n) is 3.79. The number of piperidine rings is 1. The van der Waals surface area contributed by atoms with Gasteiger partial charge in [0.2, 0.25) is 0 Å². The molecule has 0 aromatic carbocycles. The Morgan fingerprint density at radius 2 is 2.50 bits per heavy atom.